The van der Waals surface area contributed by atoms with Crippen LogP contribution in [0.5, 0.6) is 0 Å². The van der Waals surface area contributed by atoms with Crippen LogP contribution in [-0.2, 0) is 0 Å². The SMILES string of the molecule is N#Cc1ccc(/C=C(\F)I)cc1. The van der Waals surface area contributed by atoms with Crippen molar-refractivity contribution < 1.29 is 4.39 Å². The molecule has 0 heterocycles. The van der Waals surface area contributed by atoms with E-state index >= 15 is 0 Å². The molecule has 1 aromatic rings. The van der Waals surface area contributed by atoms with Gasteiger partial charge in [-0.25, -0.2) is 0 Å². The van der Waals surface area contributed by atoms with Crippen LogP contribution in [0.25, 0.3) is 6.08 Å². The Balaban J connectivity index is 2.95. The van der Waals surface area contributed by atoms with Gasteiger partial charge in [-0.3, -0.25) is 0 Å². The van der Waals surface area contributed by atoms with E-state index in [0.29, 0.717) is 5.56 Å². The first kappa shape index (κ1) is 9.20. The number of halogens is 2. The van der Waals surface area contributed by atoms with E-state index in [1.165, 1.54) is 6.08 Å². The predicted octanol–water partition coefficient (Wildman–Crippen LogP) is 3.26. The van der Waals surface area contributed by atoms with Crippen molar-refractivity contribution >= 4 is 28.7 Å². The van der Waals surface area contributed by atoms with E-state index in [1.54, 1.807) is 46.9 Å². The van der Waals surface area contributed by atoms with Crippen LogP contribution in [0.15, 0.2) is 28.1 Å². The first-order chi connectivity index (χ1) is 5.72. The van der Waals surface area contributed by atoms with Gasteiger partial charge in [0.2, 0.25) is 0 Å². The maximum absolute atomic E-state index is 12.4. The highest BCUT2D eigenvalue weighted by molar-refractivity contribution is 14.1. The minimum absolute atomic E-state index is 0.266. The van der Waals surface area contributed by atoms with Gasteiger partial charge in [0.1, 0.15) is 0 Å². The Kier molecular flexibility index (Phi) is 3.23. The summed E-state index contributed by atoms with van der Waals surface area (Å²) in [4.78, 5) is 0. The molecule has 0 saturated heterocycles. The molecule has 0 N–H and O–H groups in total. The highest BCUT2D eigenvalue weighted by Gasteiger charge is 1.91. The molecule has 0 radical (unpaired) electrons. The molecule has 0 bridgehead atoms. The monoisotopic (exact) mass is 273 g/mol. The smallest absolute Gasteiger partial charge is 0.161 e. The van der Waals surface area contributed by atoms with Crippen molar-refractivity contribution in [3.05, 3.63) is 39.2 Å². The summed E-state index contributed by atoms with van der Waals surface area (Å²) in [6.45, 7) is 0. The molecule has 0 aliphatic carbocycles. The van der Waals surface area contributed by atoms with E-state index in [2.05, 4.69) is 0 Å². The first-order valence-electron chi connectivity index (χ1n) is 3.25. The molecular formula is C9H5FIN. The lowest BCUT2D eigenvalue weighted by atomic mass is 10.1. The average molecular weight is 273 g/mol. The second kappa shape index (κ2) is 4.21. The zero-order valence-corrected chi connectivity index (χ0v) is 8.25. The first-order valence-corrected chi connectivity index (χ1v) is 4.33. The molecule has 1 rings (SSSR count). The Hall–Kier alpha value is -0.890. The number of rotatable bonds is 1. The Morgan fingerprint density at radius 1 is 1.42 bits per heavy atom. The van der Waals surface area contributed by atoms with Gasteiger partial charge in [-0.2, -0.15) is 9.65 Å². The third kappa shape index (κ3) is 2.62. The van der Waals surface area contributed by atoms with Crippen molar-refractivity contribution in [2.24, 2.45) is 0 Å². The summed E-state index contributed by atoms with van der Waals surface area (Å²) < 4.78 is 12.1. The van der Waals surface area contributed by atoms with Gasteiger partial charge in [0.15, 0.2) is 3.83 Å². The largest absolute Gasteiger partial charge is 0.200 e. The van der Waals surface area contributed by atoms with Crippen LogP contribution in [0.4, 0.5) is 4.39 Å². The topological polar surface area (TPSA) is 23.8 Å². The molecule has 0 unspecified atom stereocenters. The molecule has 1 aromatic carbocycles. The maximum atomic E-state index is 12.4. The van der Waals surface area contributed by atoms with Crippen LogP contribution < -0.4 is 0 Å². The maximum Gasteiger partial charge on any atom is 0.161 e. The summed E-state index contributed by atoms with van der Waals surface area (Å²) in [6.07, 6.45) is 1.40. The summed E-state index contributed by atoms with van der Waals surface area (Å²) in [6, 6.07) is 8.72. The molecule has 0 amide bonds. The van der Waals surface area contributed by atoms with Gasteiger partial charge < -0.3 is 0 Å². The normalized spacial score (nSPS) is 10.9. The lowest BCUT2D eigenvalue weighted by Crippen LogP contribution is -1.74. The minimum Gasteiger partial charge on any atom is -0.200 e. The molecule has 0 aromatic heterocycles. The molecule has 12 heavy (non-hydrogen) atoms. The van der Waals surface area contributed by atoms with Gasteiger partial charge in [-0.05, 0) is 46.4 Å². The standard InChI is InChI=1S/C9H5FIN/c10-9(11)5-7-1-3-8(6-12)4-2-7/h1-5H/b9-5+. The Morgan fingerprint density at radius 2 is 2.00 bits per heavy atom. The van der Waals surface area contributed by atoms with Crippen molar-refractivity contribution in [3.8, 4) is 6.07 Å². The van der Waals surface area contributed by atoms with Crippen molar-refractivity contribution in [3.63, 3.8) is 0 Å². The number of hydrogen-bond acceptors (Lipinski definition) is 1. The van der Waals surface area contributed by atoms with Crippen LogP contribution in [0.1, 0.15) is 11.1 Å². The zero-order valence-electron chi connectivity index (χ0n) is 6.09. The molecule has 0 saturated carbocycles. The molecule has 3 heteroatoms. The third-order valence-electron chi connectivity index (χ3n) is 1.32. The third-order valence-corrected chi connectivity index (χ3v) is 1.63. The Bertz CT molecular complexity index is 331. The number of nitriles is 1. The fourth-order valence-corrected chi connectivity index (χ4v) is 1.14. The van der Waals surface area contributed by atoms with Gasteiger partial charge in [-0.1, -0.05) is 12.1 Å². The van der Waals surface area contributed by atoms with E-state index < -0.39 is 0 Å². The van der Waals surface area contributed by atoms with Gasteiger partial charge in [0, 0.05) is 0 Å². The molecule has 0 atom stereocenters. The summed E-state index contributed by atoms with van der Waals surface area (Å²) in [5, 5.41) is 8.47. The summed E-state index contributed by atoms with van der Waals surface area (Å²) in [5.41, 5.74) is 1.35. The highest BCUT2D eigenvalue weighted by atomic mass is 127. The van der Waals surface area contributed by atoms with Gasteiger partial charge >= 0.3 is 0 Å². The van der Waals surface area contributed by atoms with Crippen molar-refractivity contribution in [2.75, 3.05) is 0 Å². The molecule has 60 valence electrons. The lowest BCUT2D eigenvalue weighted by Gasteiger charge is -1.91. The fourth-order valence-electron chi connectivity index (χ4n) is 0.780. The molecule has 0 fully saturated rings. The molecule has 0 spiro atoms. The molecule has 0 aliphatic heterocycles. The van der Waals surface area contributed by atoms with Crippen LogP contribution in [0.3, 0.4) is 0 Å². The van der Waals surface area contributed by atoms with Gasteiger partial charge in [0.25, 0.3) is 0 Å². The van der Waals surface area contributed by atoms with Crippen LogP contribution >= 0.6 is 22.6 Å². The van der Waals surface area contributed by atoms with Crippen molar-refractivity contribution in [1.29, 1.82) is 5.26 Å². The van der Waals surface area contributed by atoms with E-state index in [9.17, 15) is 4.39 Å². The Labute approximate surface area is 83.7 Å². The van der Waals surface area contributed by atoms with E-state index in [0.717, 1.165) is 5.56 Å². The van der Waals surface area contributed by atoms with Gasteiger partial charge in [0.05, 0.1) is 11.6 Å². The van der Waals surface area contributed by atoms with Crippen molar-refractivity contribution in [1.82, 2.24) is 0 Å². The highest BCUT2D eigenvalue weighted by Crippen LogP contribution is 2.13. The van der Waals surface area contributed by atoms with Crippen LogP contribution in [0, 0.1) is 11.3 Å². The average Bonchev–Trinajstić information content (AvgIpc) is 2.05. The predicted molar refractivity (Wildman–Crippen MR) is 54.3 cm³/mol. The fraction of sp³-hybridized carbons (Fsp3) is 0. The van der Waals surface area contributed by atoms with Crippen LogP contribution in [-0.4, -0.2) is 0 Å². The quantitative estimate of drug-likeness (QED) is 0.720. The summed E-state index contributed by atoms with van der Waals surface area (Å²) >= 11 is 1.59. The van der Waals surface area contributed by atoms with E-state index in [-0.39, 0.29) is 3.83 Å². The van der Waals surface area contributed by atoms with Gasteiger partial charge in [-0.15, -0.1) is 0 Å². The van der Waals surface area contributed by atoms with Crippen LogP contribution in [0.2, 0.25) is 0 Å². The molecular weight excluding hydrogens is 268 g/mol. The Morgan fingerprint density at radius 3 is 2.42 bits per heavy atom. The van der Waals surface area contributed by atoms with E-state index in [1.807, 2.05) is 6.07 Å². The number of hydrogen-bond donors (Lipinski definition) is 0. The minimum atomic E-state index is -0.266. The molecule has 0 aliphatic rings. The summed E-state index contributed by atoms with van der Waals surface area (Å²) in [5.74, 6) is 0. The number of nitrogens with zero attached hydrogens (tertiary/aromatic N) is 1. The summed E-state index contributed by atoms with van der Waals surface area (Å²) in [7, 11) is 0. The lowest BCUT2D eigenvalue weighted by molar-refractivity contribution is 0.718. The second-order valence-corrected chi connectivity index (χ2v) is 3.20. The van der Waals surface area contributed by atoms with Crippen molar-refractivity contribution in [2.45, 2.75) is 0 Å². The van der Waals surface area contributed by atoms with E-state index in [4.69, 9.17) is 5.26 Å². The molecule has 1 nitrogen and oxygen atoms in total. The number of benzene rings is 1. The second-order valence-electron chi connectivity index (χ2n) is 2.17. The zero-order chi connectivity index (χ0) is 8.97.